The number of nitrogens with zero attached hydrogens (tertiary/aromatic N) is 1. The first kappa shape index (κ1) is 6.66. The van der Waals surface area contributed by atoms with Gasteiger partial charge in [0.2, 0.25) is 0 Å². The molecule has 9 heavy (non-hydrogen) atoms. The molecule has 52 valence electrons. The molecule has 0 radical (unpaired) electrons. The molecular weight excluding hydrogens is 110 g/mol. The van der Waals surface area contributed by atoms with Crippen molar-refractivity contribution in [2.45, 2.75) is 26.7 Å². The van der Waals surface area contributed by atoms with Crippen molar-refractivity contribution in [1.29, 1.82) is 0 Å². The fraction of sp³-hybridized carbons (Fsp3) is 0.750. The SMILES string of the molecule is CCC1=CN(CC)CC1. The van der Waals surface area contributed by atoms with E-state index in [1.54, 1.807) is 5.57 Å². The second-order valence-electron chi connectivity index (χ2n) is 2.52. The molecule has 0 unspecified atom stereocenters. The van der Waals surface area contributed by atoms with Gasteiger partial charge in [-0.15, -0.1) is 0 Å². The van der Waals surface area contributed by atoms with E-state index in [2.05, 4.69) is 24.9 Å². The minimum atomic E-state index is 1.17. The Kier molecular flexibility index (Phi) is 2.15. The molecule has 0 saturated heterocycles. The van der Waals surface area contributed by atoms with Crippen molar-refractivity contribution in [3.63, 3.8) is 0 Å². The first-order valence-electron chi connectivity index (χ1n) is 3.80. The summed E-state index contributed by atoms with van der Waals surface area (Å²) in [6.07, 6.45) is 4.83. The van der Waals surface area contributed by atoms with E-state index in [9.17, 15) is 0 Å². The Morgan fingerprint density at radius 1 is 1.56 bits per heavy atom. The van der Waals surface area contributed by atoms with Crippen LogP contribution in [0, 0.1) is 0 Å². The van der Waals surface area contributed by atoms with Gasteiger partial charge in [-0.25, -0.2) is 0 Å². The highest BCUT2D eigenvalue weighted by atomic mass is 15.1. The summed E-state index contributed by atoms with van der Waals surface area (Å²) in [5.41, 5.74) is 1.61. The third kappa shape index (κ3) is 1.47. The highest BCUT2D eigenvalue weighted by Gasteiger charge is 2.07. The second kappa shape index (κ2) is 2.90. The van der Waals surface area contributed by atoms with Crippen LogP contribution in [-0.4, -0.2) is 18.0 Å². The van der Waals surface area contributed by atoms with E-state index in [0.29, 0.717) is 0 Å². The molecule has 0 N–H and O–H groups in total. The minimum Gasteiger partial charge on any atom is -0.377 e. The Morgan fingerprint density at radius 3 is 2.67 bits per heavy atom. The summed E-state index contributed by atoms with van der Waals surface area (Å²) in [4.78, 5) is 2.37. The van der Waals surface area contributed by atoms with Crippen LogP contribution in [0.5, 0.6) is 0 Å². The fourth-order valence-corrected chi connectivity index (χ4v) is 1.19. The first-order valence-corrected chi connectivity index (χ1v) is 3.80. The van der Waals surface area contributed by atoms with Gasteiger partial charge in [0, 0.05) is 13.1 Å². The van der Waals surface area contributed by atoms with Gasteiger partial charge in [-0.05, 0) is 26.0 Å². The molecule has 0 aromatic rings. The smallest absolute Gasteiger partial charge is 0.0210 e. The van der Waals surface area contributed by atoms with E-state index in [-0.39, 0.29) is 0 Å². The molecule has 1 heterocycles. The van der Waals surface area contributed by atoms with Crippen molar-refractivity contribution < 1.29 is 0 Å². The normalized spacial score (nSPS) is 18.4. The van der Waals surface area contributed by atoms with E-state index in [1.807, 2.05) is 0 Å². The lowest BCUT2D eigenvalue weighted by Gasteiger charge is -2.09. The Hall–Kier alpha value is -0.460. The Labute approximate surface area is 57.4 Å². The fourth-order valence-electron chi connectivity index (χ4n) is 1.19. The summed E-state index contributed by atoms with van der Waals surface area (Å²) in [5, 5.41) is 0. The van der Waals surface area contributed by atoms with Crippen molar-refractivity contribution in [2.24, 2.45) is 0 Å². The largest absolute Gasteiger partial charge is 0.377 e. The average Bonchev–Trinajstić information content (AvgIpc) is 2.34. The maximum Gasteiger partial charge on any atom is 0.0210 e. The zero-order chi connectivity index (χ0) is 6.69. The van der Waals surface area contributed by atoms with Gasteiger partial charge >= 0.3 is 0 Å². The molecule has 1 nitrogen and oxygen atoms in total. The van der Waals surface area contributed by atoms with Gasteiger partial charge < -0.3 is 4.90 Å². The van der Waals surface area contributed by atoms with Crippen LogP contribution in [0.1, 0.15) is 26.7 Å². The molecule has 0 aromatic carbocycles. The predicted octanol–water partition coefficient (Wildman–Crippen LogP) is 2.01. The van der Waals surface area contributed by atoms with Crippen LogP contribution in [0.25, 0.3) is 0 Å². The first-order chi connectivity index (χ1) is 4.36. The number of hydrogen-bond acceptors (Lipinski definition) is 1. The maximum absolute atomic E-state index is 2.37. The summed E-state index contributed by atoms with van der Waals surface area (Å²) in [7, 11) is 0. The summed E-state index contributed by atoms with van der Waals surface area (Å²) in [6, 6.07) is 0. The second-order valence-corrected chi connectivity index (χ2v) is 2.52. The van der Waals surface area contributed by atoms with Crippen molar-refractivity contribution in [3.05, 3.63) is 11.8 Å². The van der Waals surface area contributed by atoms with Crippen LogP contribution in [0.3, 0.4) is 0 Å². The Bertz CT molecular complexity index is 116. The van der Waals surface area contributed by atoms with E-state index in [0.717, 1.165) is 0 Å². The molecule has 1 heteroatoms. The van der Waals surface area contributed by atoms with Crippen molar-refractivity contribution in [2.75, 3.05) is 13.1 Å². The molecule has 0 atom stereocenters. The molecule has 0 aliphatic carbocycles. The standard InChI is InChI=1S/C8H15N/c1-3-8-5-6-9(4-2)7-8/h7H,3-6H2,1-2H3. The molecule has 0 saturated carbocycles. The summed E-state index contributed by atoms with van der Waals surface area (Å²) >= 11 is 0. The number of rotatable bonds is 2. The van der Waals surface area contributed by atoms with Crippen molar-refractivity contribution in [3.8, 4) is 0 Å². The van der Waals surface area contributed by atoms with Crippen LogP contribution in [0.2, 0.25) is 0 Å². The average molecular weight is 125 g/mol. The molecule has 1 aliphatic rings. The van der Waals surface area contributed by atoms with E-state index in [1.165, 1.54) is 25.9 Å². The molecule has 1 rings (SSSR count). The van der Waals surface area contributed by atoms with Crippen molar-refractivity contribution >= 4 is 0 Å². The lowest BCUT2D eigenvalue weighted by Crippen LogP contribution is -2.12. The molecule has 0 spiro atoms. The summed E-state index contributed by atoms with van der Waals surface area (Å²) in [6.45, 7) is 6.85. The van der Waals surface area contributed by atoms with Crippen LogP contribution >= 0.6 is 0 Å². The third-order valence-corrected chi connectivity index (χ3v) is 1.95. The lowest BCUT2D eigenvalue weighted by atomic mass is 10.2. The molecule has 0 fully saturated rings. The Morgan fingerprint density at radius 2 is 2.33 bits per heavy atom. The molecular formula is C8H15N. The van der Waals surface area contributed by atoms with Crippen LogP contribution in [0.15, 0.2) is 11.8 Å². The summed E-state index contributed by atoms with van der Waals surface area (Å²) < 4.78 is 0. The van der Waals surface area contributed by atoms with E-state index < -0.39 is 0 Å². The van der Waals surface area contributed by atoms with Gasteiger partial charge in [0.1, 0.15) is 0 Å². The molecule has 0 amide bonds. The summed E-state index contributed by atoms with van der Waals surface area (Å²) in [5.74, 6) is 0. The molecule has 0 bridgehead atoms. The van der Waals surface area contributed by atoms with Crippen molar-refractivity contribution in [1.82, 2.24) is 4.90 Å². The zero-order valence-corrected chi connectivity index (χ0v) is 6.35. The van der Waals surface area contributed by atoms with Gasteiger partial charge in [-0.2, -0.15) is 0 Å². The van der Waals surface area contributed by atoms with Gasteiger partial charge in [0.05, 0.1) is 0 Å². The van der Waals surface area contributed by atoms with Crippen LogP contribution < -0.4 is 0 Å². The van der Waals surface area contributed by atoms with Crippen LogP contribution in [0.4, 0.5) is 0 Å². The quantitative estimate of drug-likeness (QED) is 0.545. The van der Waals surface area contributed by atoms with Gasteiger partial charge in [0.25, 0.3) is 0 Å². The topological polar surface area (TPSA) is 3.24 Å². The molecule has 1 aliphatic heterocycles. The predicted molar refractivity (Wildman–Crippen MR) is 40.2 cm³/mol. The zero-order valence-electron chi connectivity index (χ0n) is 6.35. The van der Waals surface area contributed by atoms with Gasteiger partial charge in [-0.3, -0.25) is 0 Å². The third-order valence-electron chi connectivity index (χ3n) is 1.95. The Balaban J connectivity index is 2.40. The van der Waals surface area contributed by atoms with Gasteiger partial charge in [-0.1, -0.05) is 12.5 Å². The van der Waals surface area contributed by atoms with Crippen LogP contribution in [-0.2, 0) is 0 Å². The van der Waals surface area contributed by atoms with E-state index in [4.69, 9.17) is 0 Å². The highest BCUT2D eigenvalue weighted by Crippen LogP contribution is 2.15. The molecule has 0 aromatic heterocycles. The maximum atomic E-state index is 2.37. The lowest BCUT2D eigenvalue weighted by molar-refractivity contribution is 0.429. The van der Waals surface area contributed by atoms with Gasteiger partial charge in [0.15, 0.2) is 0 Å². The minimum absolute atomic E-state index is 1.17. The monoisotopic (exact) mass is 125 g/mol. The highest BCUT2D eigenvalue weighted by molar-refractivity contribution is 5.06. The van der Waals surface area contributed by atoms with E-state index >= 15 is 0 Å². The number of hydrogen-bond donors (Lipinski definition) is 0.